The van der Waals surface area contributed by atoms with Gasteiger partial charge in [-0.15, -0.1) is 11.3 Å². The maximum Gasteiger partial charge on any atom is 0.0907 e. The van der Waals surface area contributed by atoms with Gasteiger partial charge in [0.25, 0.3) is 0 Å². The Bertz CT molecular complexity index is 532. The molecule has 2 nitrogen and oxygen atoms in total. The molecule has 1 N–H and O–H groups in total. The van der Waals surface area contributed by atoms with Crippen LogP contribution in [0.1, 0.15) is 31.2 Å². The third-order valence-corrected chi connectivity index (χ3v) is 4.49. The van der Waals surface area contributed by atoms with Crippen molar-refractivity contribution in [3.05, 3.63) is 23.2 Å². The van der Waals surface area contributed by atoms with Crippen molar-refractivity contribution in [2.45, 2.75) is 39.2 Å². The lowest BCUT2D eigenvalue weighted by Crippen LogP contribution is -2.14. The van der Waals surface area contributed by atoms with E-state index < -0.39 is 0 Å². The largest absolute Gasteiger partial charge is 0.382 e. The van der Waals surface area contributed by atoms with Crippen LogP contribution >= 0.6 is 11.3 Å². The molecule has 3 heteroatoms. The van der Waals surface area contributed by atoms with Crippen molar-refractivity contribution >= 4 is 27.2 Å². The lowest BCUT2D eigenvalue weighted by molar-refractivity contribution is 0.602. The molecule has 1 saturated carbocycles. The molecule has 0 spiro atoms. The Morgan fingerprint density at radius 2 is 2.24 bits per heavy atom. The second-order valence-corrected chi connectivity index (χ2v) is 6.41. The Morgan fingerprint density at radius 3 is 3.00 bits per heavy atom. The summed E-state index contributed by atoms with van der Waals surface area (Å²) in [6.45, 7) is 4.41. The Balaban J connectivity index is 1.80. The van der Waals surface area contributed by atoms with Gasteiger partial charge in [-0.2, -0.15) is 0 Å². The Labute approximate surface area is 106 Å². The molecular formula is C14H18N2S. The van der Waals surface area contributed by atoms with Crippen molar-refractivity contribution in [3.63, 3.8) is 0 Å². The molecule has 0 amide bonds. The van der Waals surface area contributed by atoms with E-state index in [2.05, 4.69) is 42.3 Å². The average molecular weight is 246 g/mol. The number of thiazole rings is 1. The van der Waals surface area contributed by atoms with Gasteiger partial charge in [-0.1, -0.05) is 6.92 Å². The van der Waals surface area contributed by atoms with Gasteiger partial charge in [-0.3, -0.25) is 0 Å². The summed E-state index contributed by atoms with van der Waals surface area (Å²) < 4.78 is 1.29. The molecule has 1 aromatic heterocycles. The van der Waals surface area contributed by atoms with E-state index >= 15 is 0 Å². The number of hydrogen-bond donors (Lipinski definition) is 1. The number of rotatable bonds is 2. The van der Waals surface area contributed by atoms with E-state index in [4.69, 9.17) is 0 Å². The zero-order chi connectivity index (χ0) is 11.8. The van der Waals surface area contributed by atoms with E-state index in [-0.39, 0.29) is 0 Å². The van der Waals surface area contributed by atoms with Gasteiger partial charge in [0.2, 0.25) is 0 Å². The second-order valence-electron chi connectivity index (χ2n) is 5.17. The van der Waals surface area contributed by atoms with Crippen LogP contribution in [-0.2, 0) is 0 Å². The molecule has 0 radical (unpaired) electrons. The van der Waals surface area contributed by atoms with E-state index in [0.717, 1.165) is 16.4 Å². The predicted molar refractivity (Wildman–Crippen MR) is 74.8 cm³/mol. The lowest BCUT2D eigenvalue weighted by Gasteiger charge is -2.13. The fourth-order valence-electron chi connectivity index (χ4n) is 2.70. The quantitative estimate of drug-likeness (QED) is 0.858. The first-order chi connectivity index (χ1) is 8.20. The lowest BCUT2D eigenvalue weighted by atomic mass is 10.1. The van der Waals surface area contributed by atoms with Crippen LogP contribution in [0.5, 0.6) is 0 Å². The van der Waals surface area contributed by atoms with Gasteiger partial charge in [0.1, 0.15) is 0 Å². The van der Waals surface area contributed by atoms with Crippen molar-refractivity contribution in [3.8, 4) is 0 Å². The summed E-state index contributed by atoms with van der Waals surface area (Å²) in [6.07, 6.45) is 3.97. The first-order valence-electron chi connectivity index (χ1n) is 6.34. The van der Waals surface area contributed by atoms with Gasteiger partial charge in [0.15, 0.2) is 0 Å². The summed E-state index contributed by atoms with van der Waals surface area (Å²) in [7, 11) is 0. The van der Waals surface area contributed by atoms with Crippen LogP contribution in [0, 0.1) is 12.8 Å². The Morgan fingerprint density at radius 1 is 1.35 bits per heavy atom. The number of aryl methyl sites for hydroxylation is 1. The molecule has 1 fully saturated rings. The van der Waals surface area contributed by atoms with Crippen LogP contribution in [0.2, 0.25) is 0 Å². The molecule has 0 saturated heterocycles. The van der Waals surface area contributed by atoms with E-state index in [9.17, 15) is 0 Å². The molecule has 2 aromatic rings. The van der Waals surface area contributed by atoms with Crippen molar-refractivity contribution < 1.29 is 0 Å². The summed E-state index contributed by atoms with van der Waals surface area (Å²) in [4.78, 5) is 4.49. The molecule has 1 heterocycles. The third-order valence-electron chi connectivity index (χ3n) is 3.56. The highest BCUT2D eigenvalue weighted by atomic mass is 32.1. The second kappa shape index (κ2) is 4.30. The SMILES string of the molecule is Cc1nc2ccc(NC3CCC(C)C3)cc2s1. The first kappa shape index (κ1) is 11.0. The molecule has 1 aliphatic rings. The van der Waals surface area contributed by atoms with E-state index in [1.54, 1.807) is 11.3 Å². The molecular weight excluding hydrogens is 228 g/mol. The highest BCUT2D eigenvalue weighted by Gasteiger charge is 2.20. The topological polar surface area (TPSA) is 24.9 Å². The Kier molecular flexibility index (Phi) is 2.79. The van der Waals surface area contributed by atoms with Crippen LogP contribution in [0.25, 0.3) is 10.2 Å². The molecule has 90 valence electrons. The molecule has 2 unspecified atom stereocenters. The van der Waals surface area contributed by atoms with E-state index in [1.807, 2.05) is 0 Å². The van der Waals surface area contributed by atoms with Crippen molar-refractivity contribution in [1.82, 2.24) is 4.98 Å². The van der Waals surface area contributed by atoms with Gasteiger partial charge >= 0.3 is 0 Å². The number of aromatic nitrogens is 1. The van der Waals surface area contributed by atoms with Crippen LogP contribution in [-0.4, -0.2) is 11.0 Å². The Hall–Kier alpha value is -1.09. The fraction of sp³-hybridized carbons (Fsp3) is 0.500. The highest BCUT2D eigenvalue weighted by Crippen LogP contribution is 2.29. The number of benzene rings is 1. The number of fused-ring (bicyclic) bond motifs is 1. The van der Waals surface area contributed by atoms with Crippen LogP contribution in [0.15, 0.2) is 18.2 Å². The molecule has 0 aliphatic heterocycles. The summed E-state index contributed by atoms with van der Waals surface area (Å²) >= 11 is 1.77. The van der Waals surface area contributed by atoms with Crippen LogP contribution in [0.4, 0.5) is 5.69 Å². The van der Waals surface area contributed by atoms with Crippen molar-refractivity contribution in [2.75, 3.05) is 5.32 Å². The van der Waals surface area contributed by atoms with Crippen molar-refractivity contribution in [1.29, 1.82) is 0 Å². The monoisotopic (exact) mass is 246 g/mol. The van der Waals surface area contributed by atoms with Crippen LogP contribution < -0.4 is 5.32 Å². The zero-order valence-corrected chi connectivity index (χ0v) is 11.2. The maximum atomic E-state index is 4.49. The maximum absolute atomic E-state index is 4.49. The van der Waals surface area contributed by atoms with Gasteiger partial charge in [0, 0.05) is 11.7 Å². The third kappa shape index (κ3) is 2.29. The van der Waals surface area contributed by atoms with Gasteiger partial charge in [-0.25, -0.2) is 4.98 Å². The standard InChI is InChI=1S/C14H18N2S/c1-9-3-4-11(7-9)16-12-5-6-13-14(8-12)17-10(2)15-13/h5-6,8-9,11,16H,3-4,7H2,1-2H3. The minimum absolute atomic E-state index is 0.663. The summed E-state index contributed by atoms with van der Waals surface area (Å²) in [6, 6.07) is 7.18. The van der Waals surface area contributed by atoms with Crippen LogP contribution in [0.3, 0.4) is 0 Å². The zero-order valence-electron chi connectivity index (χ0n) is 10.4. The molecule has 17 heavy (non-hydrogen) atoms. The number of anilines is 1. The van der Waals surface area contributed by atoms with Gasteiger partial charge in [0.05, 0.1) is 15.2 Å². The smallest absolute Gasteiger partial charge is 0.0907 e. The highest BCUT2D eigenvalue weighted by molar-refractivity contribution is 7.18. The van der Waals surface area contributed by atoms with Crippen molar-refractivity contribution in [2.24, 2.45) is 5.92 Å². The number of hydrogen-bond acceptors (Lipinski definition) is 3. The van der Waals surface area contributed by atoms with Gasteiger partial charge in [-0.05, 0) is 50.3 Å². The summed E-state index contributed by atoms with van der Waals surface area (Å²) in [5.41, 5.74) is 2.37. The van der Waals surface area contributed by atoms with E-state index in [1.165, 1.54) is 29.6 Å². The fourth-order valence-corrected chi connectivity index (χ4v) is 3.57. The molecule has 3 rings (SSSR count). The summed E-state index contributed by atoms with van der Waals surface area (Å²) in [5.74, 6) is 0.877. The minimum atomic E-state index is 0.663. The molecule has 2 atom stereocenters. The normalized spacial score (nSPS) is 24.4. The van der Waals surface area contributed by atoms with E-state index in [0.29, 0.717) is 6.04 Å². The first-order valence-corrected chi connectivity index (χ1v) is 7.16. The summed E-state index contributed by atoms with van der Waals surface area (Å²) in [5, 5.41) is 4.80. The average Bonchev–Trinajstić information content (AvgIpc) is 2.83. The molecule has 1 aliphatic carbocycles. The van der Waals surface area contributed by atoms with Gasteiger partial charge < -0.3 is 5.32 Å². The molecule has 1 aromatic carbocycles. The number of nitrogens with one attached hydrogen (secondary N) is 1. The number of nitrogens with zero attached hydrogens (tertiary/aromatic N) is 1. The predicted octanol–water partition coefficient (Wildman–Crippen LogP) is 4.21. The molecule has 0 bridgehead atoms. The minimum Gasteiger partial charge on any atom is -0.382 e.